The van der Waals surface area contributed by atoms with E-state index in [-0.39, 0.29) is 23.6 Å². The minimum absolute atomic E-state index is 0.233. The Morgan fingerprint density at radius 1 is 1.06 bits per heavy atom. The van der Waals surface area contributed by atoms with E-state index in [4.69, 9.17) is 21.4 Å². The van der Waals surface area contributed by atoms with E-state index in [9.17, 15) is 14.0 Å². The fourth-order valence-corrected chi connectivity index (χ4v) is 4.64. The molecule has 0 radical (unpaired) electrons. The molecule has 6 nitrogen and oxygen atoms in total. The molecular weight excluding hydrogens is 459 g/mol. The van der Waals surface area contributed by atoms with Crippen molar-refractivity contribution in [2.75, 3.05) is 13.2 Å². The lowest BCUT2D eigenvalue weighted by Crippen LogP contribution is -2.29. The van der Waals surface area contributed by atoms with Crippen LogP contribution in [0.15, 0.2) is 59.4 Å². The van der Waals surface area contributed by atoms with Crippen molar-refractivity contribution in [1.82, 2.24) is 9.78 Å². The molecule has 0 bridgehead atoms. The number of aromatic nitrogens is 2. The van der Waals surface area contributed by atoms with Crippen molar-refractivity contribution < 1.29 is 19.0 Å². The monoisotopic (exact) mass is 484 g/mol. The number of carbonyl (C=O) groups is 1. The van der Waals surface area contributed by atoms with Crippen molar-refractivity contribution in [2.24, 2.45) is 11.8 Å². The van der Waals surface area contributed by atoms with Gasteiger partial charge in [0.1, 0.15) is 18.1 Å². The third-order valence-electron chi connectivity index (χ3n) is 6.25. The number of rotatable bonds is 8. The molecule has 4 rings (SSSR count). The zero-order valence-corrected chi connectivity index (χ0v) is 19.4. The lowest BCUT2D eigenvalue weighted by atomic mass is 9.82. The van der Waals surface area contributed by atoms with Crippen LogP contribution in [0.4, 0.5) is 4.39 Å². The highest BCUT2D eigenvalue weighted by atomic mass is 35.5. The molecule has 0 unspecified atom stereocenters. The minimum Gasteiger partial charge on any atom is -0.480 e. The zero-order chi connectivity index (χ0) is 24.1. The summed E-state index contributed by atoms with van der Waals surface area (Å²) in [7, 11) is 0. The Kier molecular flexibility index (Phi) is 7.75. The molecule has 0 saturated heterocycles. The third-order valence-corrected chi connectivity index (χ3v) is 6.48. The summed E-state index contributed by atoms with van der Waals surface area (Å²) >= 11 is 5.95. The standard InChI is InChI=1S/C26H26ClFN2O4/c27-20-10-11-21(23(28)12-20)26-22(19-4-2-1-3-5-19)13-24(31)30(29-26)14-17-6-8-18(9-7-17)15-34-16-25(32)33/h1-5,10-13,17-18H,6-9,14-16H2,(H,32,33)/t17-,18-. The molecule has 3 aromatic rings. The van der Waals surface area contributed by atoms with E-state index in [0.717, 1.165) is 31.2 Å². The first-order valence-corrected chi connectivity index (χ1v) is 11.7. The molecule has 178 valence electrons. The van der Waals surface area contributed by atoms with Gasteiger partial charge in [0.2, 0.25) is 0 Å². The van der Waals surface area contributed by atoms with Crippen LogP contribution in [0.25, 0.3) is 22.4 Å². The summed E-state index contributed by atoms with van der Waals surface area (Å²) in [5.74, 6) is -0.888. The van der Waals surface area contributed by atoms with Crippen LogP contribution in [0, 0.1) is 17.7 Å². The van der Waals surface area contributed by atoms with Gasteiger partial charge in [0.15, 0.2) is 0 Å². The van der Waals surface area contributed by atoms with Crippen LogP contribution in [0.5, 0.6) is 0 Å². The molecule has 1 aromatic heterocycles. The van der Waals surface area contributed by atoms with Gasteiger partial charge in [0, 0.05) is 28.8 Å². The van der Waals surface area contributed by atoms with Crippen molar-refractivity contribution >= 4 is 17.6 Å². The van der Waals surface area contributed by atoms with Crippen molar-refractivity contribution in [3.05, 3.63) is 75.8 Å². The van der Waals surface area contributed by atoms with Gasteiger partial charge in [-0.05, 0) is 61.3 Å². The number of aliphatic carboxylic acids is 1. The van der Waals surface area contributed by atoms with E-state index in [2.05, 4.69) is 5.10 Å². The van der Waals surface area contributed by atoms with Crippen LogP contribution in [0.1, 0.15) is 25.7 Å². The Morgan fingerprint density at radius 3 is 2.44 bits per heavy atom. The van der Waals surface area contributed by atoms with Crippen LogP contribution < -0.4 is 5.56 Å². The summed E-state index contributed by atoms with van der Waals surface area (Å²) in [6.07, 6.45) is 3.58. The van der Waals surface area contributed by atoms with Crippen molar-refractivity contribution in [2.45, 2.75) is 32.2 Å². The van der Waals surface area contributed by atoms with E-state index < -0.39 is 11.8 Å². The Morgan fingerprint density at radius 2 is 1.76 bits per heavy atom. The SMILES string of the molecule is O=C(O)COC[C@H]1CC[C@H](Cn2nc(-c3ccc(Cl)cc3F)c(-c3ccccc3)cc2=O)CC1. The summed E-state index contributed by atoms with van der Waals surface area (Å²) in [6.45, 7) is 0.596. The summed E-state index contributed by atoms with van der Waals surface area (Å²) in [4.78, 5) is 23.6. The van der Waals surface area contributed by atoms with Crippen LogP contribution in [0.2, 0.25) is 5.02 Å². The number of hydrogen-bond acceptors (Lipinski definition) is 4. The number of ether oxygens (including phenoxy) is 1. The fraction of sp³-hybridized carbons (Fsp3) is 0.346. The van der Waals surface area contributed by atoms with Gasteiger partial charge in [0.05, 0.1) is 6.61 Å². The first-order valence-electron chi connectivity index (χ1n) is 11.3. The Labute approximate surface area is 202 Å². The second-order valence-electron chi connectivity index (χ2n) is 8.71. The van der Waals surface area contributed by atoms with Gasteiger partial charge >= 0.3 is 5.97 Å². The molecule has 0 amide bonds. The Balaban J connectivity index is 1.57. The molecule has 1 N–H and O–H groups in total. The average Bonchev–Trinajstić information content (AvgIpc) is 2.82. The molecule has 0 spiro atoms. The van der Waals surface area contributed by atoms with Crippen LogP contribution >= 0.6 is 11.6 Å². The van der Waals surface area contributed by atoms with Crippen molar-refractivity contribution in [3.8, 4) is 22.4 Å². The molecule has 8 heteroatoms. The largest absolute Gasteiger partial charge is 0.480 e. The predicted molar refractivity (Wildman–Crippen MR) is 128 cm³/mol. The number of benzene rings is 2. The molecule has 0 atom stereocenters. The number of halogens is 2. The second-order valence-corrected chi connectivity index (χ2v) is 9.15. The van der Waals surface area contributed by atoms with Gasteiger partial charge in [-0.3, -0.25) is 4.79 Å². The number of nitrogens with zero attached hydrogens (tertiary/aromatic N) is 2. The maximum absolute atomic E-state index is 14.9. The minimum atomic E-state index is -0.967. The van der Waals surface area contributed by atoms with Gasteiger partial charge < -0.3 is 9.84 Å². The van der Waals surface area contributed by atoms with Gasteiger partial charge in [-0.1, -0.05) is 41.9 Å². The highest BCUT2D eigenvalue weighted by molar-refractivity contribution is 6.30. The molecule has 1 aliphatic rings. The predicted octanol–water partition coefficient (Wildman–Crippen LogP) is 5.28. The second kappa shape index (κ2) is 10.9. The highest BCUT2D eigenvalue weighted by Gasteiger charge is 2.24. The summed E-state index contributed by atoms with van der Waals surface area (Å²) in [6, 6.07) is 15.3. The Bertz CT molecular complexity index is 1210. The van der Waals surface area contributed by atoms with Gasteiger partial charge in [-0.2, -0.15) is 5.10 Å². The molecule has 1 fully saturated rings. The number of hydrogen-bond donors (Lipinski definition) is 1. The lowest BCUT2D eigenvalue weighted by molar-refractivity contribution is -0.142. The highest BCUT2D eigenvalue weighted by Crippen LogP contribution is 2.33. The molecule has 34 heavy (non-hydrogen) atoms. The van der Waals surface area contributed by atoms with Crippen molar-refractivity contribution in [3.63, 3.8) is 0 Å². The molecule has 1 heterocycles. The molecule has 0 aliphatic heterocycles. The lowest BCUT2D eigenvalue weighted by Gasteiger charge is -2.28. The summed E-state index contributed by atoms with van der Waals surface area (Å²) < 4.78 is 21.5. The van der Waals surface area contributed by atoms with E-state index in [0.29, 0.717) is 35.3 Å². The van der Waals surface area contributed by atoms with Crippen LogP contribution in [0.3, 0.4) is 0 Å². The maximum atomic E-state index is 14.9. The smallest absolute Gasteiger partial charge is 0.329 e. The molecule has 2 aromatic carbocycles. The van der Waals surface area contributed by atoms with E-state index in [1.807, 2.05) is 30.3 Å². The first kappa shape index (κ1) is 24.1. The molecule has 1 aliphatic carbocycles. The summed E-state index contributed by atoms with van der Waals surface area (Å²) in [5, 5.41) is 13.6. The molecular formula is C26H26ClFN2O4. The first-order chi connectivity index (χ1) is 16.4. The maximum Gasteiger partial charge on any atom is 0.329 e. The van der Waals surface area contributed by atoms with E-state index >= 15 is 0 Å². The van der Waals surface area contributed by atoms with Crippen LogP contribution in [-0.4, -0.2) is 34.1 Å². The van der Waals surface area contributed by atoms with Gasteiger partial charge in [0.25, 0.3) is 5.56 Å². The van der Waals surface area contributed by atoms with E-state index in [1.165, 1.54) is 16.8 Å². The topological polar surface area (TPSA) is 81.4 Å². The zero-order valence-electron chi connectivity index (χ0n) is 18.6. The number of carboxylic acid groups (broad SMARTS) is 1. The molecule has 1 saturated carbocycles. The Hall–Kier alpha value is -3.03. The van der Waals surface area contributed by atoms with Gasteiger partial charge in [-0.15, -0.1) is 0 Å². The summed E-state index contributed by atoms with van der Waals surface area (Å²) in [5.41, 5.74) is 1.81. The average molecular weight is 485 g/mol. The van der Waals surface area contributed by atoms with Crippen LogP contribution in [-0.2, 0) is 16.1 Å². The quantitative estimate of drug-likeness (QED) is 0.470. The normalized spacial score (nSPS) is 18.1. The fourth-order valence-electron chi connectivity index (χ4n) is 4.48. The van der Waals surface area contributed by atoms with E-state index in [1.54, 1.807) is 12.1 Å². The van der Waals surface area contributed by atoms with Gasteiger partial charge in [-0.25, -0.2) is 13.9 Å². The number of carboxylic acids is 1. The third kappa shape index (κ3) is 5.90. The van der Waals surface area contributed by atoms with Crippen molar-refractivity contribution in [1.29, 1.82) is 0 Å².